The Labute approximate surface area is 178 Å². The molecule has 1 amide bonds. The zero-order valence-electron chi connectivity index (χ0n) is 17.9. The number of anilines is 1. The minimum Gasteiger partial charge on any atom is -0.493 e. The van der Waals surface area contributed by atoms with Crippen molar-refractivity contribution in [2.45, 2.75) is 38.6 Å². The molecule has 0 unspecified atom stereocenters. The number of allylic oxidation sites excluding steroid dienone is 1. The first-order chi connectivity index (χ1) is 14.7. The monoisotopic (exact) mass is 409 g/mol. The van der Waals surface area contributed by atoms with E-state index in [1.807, 2.05) is 24.4 Å². The van der Waals surface area contributed by atoms with E-state index in [0.717, 1.165) is 30.0 Å². The number of methoxy groups -OCH3 is 2. The van der Waals surface area contributed by atoms with Crippen LogP contribution in [0.2, 0.25) is 0 Å². The number of amides is 1. The molecule has 1 aromatic heterocycles. The second-order valence-corrected chi connectivity index (χ2v) is 7.47. The van der Waals surface area contributed by atoms with Gasteiger partial charge in [-0.1, -0.05) is 25.0 Å². The molecule has 1 fully saturated rings. The van der Waals surface area contributed by atoms with Crippen molar-refractivity contribution in [2.75, 3.05) is 32.2 Å². The first kappa shape index (κ1) is 21.7. The normalized spacial score (nSPS) is 14.0. The average Bonchev–Trinajstić information content (AvgIpc) is 3.07. The van der Waals surface area contributed by atoms with E-state index >= 15 is 0 Å². The number of benzene rings is 1. The molecule has 1 aliphatic heterocycles. The Morgan fingerprint density at radius 2 is 1.93 bits per heavy atom. The molecule has 3 rings (SSSR count). The number of pyridine rings is 1. The Bertz CT molecular complexity index is 857. The van der Waals surface area contributed by atoms with Gasteiger partial charge in [-0.2, -0.15) is 0 Å². The number of nitrogens with zero attached hydrogens (tertiary/aromatic N) is 2. The summed E-state index contributed by atoms with van der Waals surface area (Å²) in [5.74, 6) is 2.01. The van der Waals surface area contributed by atoms with E-state index in [4.69, 9.17) is 9.47 Å². The maximum absolute atomic E-state index is 12.7. The van der Waals surface area contributed by atoms with Gasteiger partial charge in [0, 0.05) is 37.0 Å². The summed E-state index contributed by atoms with van der Waals surface area (Å²) in [5, 5.41) is 2.97. The summed E-state index contributed by atoms with van der Waals surface area (Å²) in [6, 6.07) is 7.59. The van der Waals surface area contributed by atoms with Gasteiger partial charge in [-0.3, -0.25) is 4.79 Å². The van der Waals surface area contributed by atoms with Gasteiger partial charge in [-0.05, 0) is 43.0 Å². The molecule has 6 heteroatoms. The second kappa shape index (κ2) is 10.7. The number of carbonyl (C=O) groups is 1. The number of hydrogen-bond acceptors (Lipinski definition) is 5. The number of nitrogens with one attached hydrogen (secondary N) is 1. The molecule has 2 aromatic rings. The number of rotatable bonds is 8. The summed E-state index contributed by atoms with van der Waals surface area (Å²) in [6.07, 6.45) is 9.24. The zero-order valence-corrected chi connectivity index (χ0v) is 17.9. The molecule has 1 saturated heterocycles. The molecule has 6 nitrogen and oxygen atoms in total. The van der Waals surface area contributed by atoms with Crippen LogP contribution in [-0.4, -0.2) is 38.2 Å². The van der Waals surface area contributed by atoms with Gasteiger partial charge in [0.1, 0.15) is 5.82 Å². The molecule has 1 aromatic carbocycles. The fourth-order valence-electron chi connectivity index (χ4n) is 3.77. The first-order valence-electron chi connectivity index (χ1n) is 10.5. The number of ether oxygens (including phenoxy) is 2. The Balaban J connectivity index is 1.66. The van der Waals surface area contributed by atoms with Crippen LogP contribution >= 0.6 is 0 Å². The van der Waals surface area contributed by atoms with Crippen LogP contribution in [0, 0.1) is 0 Å². The Morgan fingerprint density at radius 1 is 1.17 bits per heavy atom. The van der Waals surface area contributed by atoms with Crippen LogP contribution < -0.4 is 19.7 Å². The van der Waals surface area contributed by atoms with Crippen LogP contribution in [0.4, 0.5) is 5.82 Å². The van der Waals surface area contributed by atoms with E-state index < -0.39 is 0 Å². The third-order valence-corrected chi connectivity index (χ3v) is 5.37. The van der Waals surface area contributed by atoms with E-state index in [-0.39, 0.29) is 5.91 Å². The van der Waals surface area contributed by atoms with Crippen LogP contribution in [-0.2, 0) is 13.0 Å². The summed E-state index contributed by atoms with van der Waals surface area (Å²) in [4.78, 5) is 19.7. The smallest absolute Gasteiger partial charge is 0.251 e. The quantitative estimate of drug-likeness (QED) is 0.664. The second-order valence-electron chi connectivity index (χ2n) is 7.47. The minimum absolute atomic E-state index is 0.169. The Morgan fingerprint density at radius 3 is 2.53 bits per heavy atom. The molecule has 160 valence electrons. The maximum atomic E-state index is 12.7. The van der Waals surface area contributed by atoms with Crippen molar-refractivity contribution >= 4 is 11.7 Å². The predicted molar refractivity (Wildman–Crippen MR) is 120 cm³/mol. The summed E-state index contributed by atoms with van der Waals surface area (Å²) < 4.78 is 10.8. The van der Waals surface area contributed by atoms with Crippen LogP contribution in [0.5, 0.6) is 11.5 Å². The zero-order chi connectivity index (χ0) is 21.3. The SMILES string of the molecule is C=CCc1cc(C(=O)NCc2ccc(N3CCCCCC3)nc2)cc(OC)c1OC. The number of aromatic nitrogens is 1. The summed E-state index contributed by atoms with van der Waals surface area (Å²) in [6.45, 7) is 6.32. The van der Waals surface area contributed by atoms with Crippen molar-refractivity contribution in [1.29, 1.82) is 0 Å². The van der Waals surface area contributed by atoms with Gasteiger partial charge >= 0.3 is 0 Å². The minimum atomic E-state index is -0.169. The van der Waals surface area contributed by atoms with Gasteiger partial charge in [0.2, 0.25) is 0 Å². The van der Waals surface area contributed by atoms with E-state index in [1.165, 1.54) is 25.7 Å². The molecule has 1 aliphatic rings. The molecule has 30 heavy (non-hydrogen) atoms. The van der Waals surface area contributed by atoms with Crippen molar-refractivity contribution < 1.29 is 14.3 Å². The van der Waals surface area contributed by atoms with Crippen LogP contribution in [0.3, 0.4) is 0 Å². The van der Waals surface area contributed by atoms with Gasteiger partial charge in [0.25, 0.3) is 5.91 Å². The van der Waals surface area contributed by atoms with Crippen molar-refractivity contribution in [3.63, 3.8) is 0 Å². The van der Waals surface area contributed by atoms with Crippen LogP contribution in [0.1, 0.15) is 47.2 Å². The molecular formula is C24H31N3O3. The molecule has 0 aliphatic carbocycles. The number of hydrogen-bond donors (Lipinski definition) is 1. The molecule has 0 radical (unpaired) electrons. The lowest BCUT2D eigenvalue weighted by molar-refractivity contribution is 0.0950. The summed E-state index contributed by atoms with van der Waals surface area (Å²) in [5.41, 5.74) is 2.35. The van der Waals surface area contributed by atoms with Gasteiger partial charge < -0.3 is 19.7 Å². The third-order valence-electron chi connectivity index (χ3n) is 5.37. The van der Waals surface area contributed by atoms with E-state index in [9.17, 15) is 4.79 Å². The highest BCUT2D eigenvalue weighted by Gasteiger charge is 2.16. The highest BCUT2D eigenvalue weighted by atomic mass is 16.5. The highest BCUT2D eigenvalue weighted by Crippen LogP contribution is 2.33. The fourth-order valence-corrected chi connectivity index (χ4v) is 3.77. The molecule has 0 atom stereocenters. The first-order valence-corrected chi connectivity index (χ1v) is 10.5. The summed E-state index contributed by atoms with van der Waals surface area (Å²) in [7, 11) is 3.15. The van der Waals surface area contributed by atoms with Crippen LogP contribution in [0.25, 0.3) is 0 Å². The Kier molecular flexibility index (Phi) is 7.71. The molecule has 2 heterocycles. The average molecular weight is 410 g/mol. The molecule has 0 bridgehead atoms. The topological polar surface area (TPSA) is 63.7 Å². The maximum Gasteiger partial charge on any atom is 0.251 e. The standard InChI is InChI=1S/C24H31N3O3/c1-4-9-19-14-20(15-21(29-2)23(19)30-3)24(28)26-17-18-10-11-22(25-16-18)27-12-7-5-6-8-13-27/h4,10-11,14-16H,1,5-9,12-13,17H2,2-3H3,(H,26,28). The van der Waals surface area contributed by atoms with Crippen LogP contribution in [0.15, 0.2) is 43.1 Å². The largest absolute Gasteiger partial charge is 0.493 e. The molecular weight excluding hydrogens is 378 g/mol. The lowest BCUT2D eigenvalue weighted by Gasteiger charge is -2.21. The van der Waals surface area contributed by atoms with E-state index in [2.05, 4.69) is 21.8 Å². The van der Waals surface area contributed by atoms with Gasteiger partial charge in [0.15, 0.2) is 11.5 Å². The van der Waals surface area contributed by atoms with E-state index in [0.29, 0.717) is 30.0 Å². The van der Waals surface area contributed by atoms with Gasteiger partial charge in [0.05, 0.1) is 14.2 Å². The lowest BCUT2D eigenvalue weighted by Crippen LogP contribution is -2.25. The van der Waals surface area contributed by atoms with Crippen molar-refractivity contribution in [2.24, 2.45) is 0 Å². The van der Waals surface area contributed by atoms with E-state index in [1.54, 1.807) is 26.4 Å². The molecule has 0 saturated carbocycles. The van der Waals surface area contributed by atoms with Gasteiger partial charge in [-0.15, -0.1) is 6.58 Å². The van der Waals surface area contributed by atoms with Crippen molar-refractivity contribution in [3.8, 4) is 11.5 Å². The summed E-state index contributed by atoms with van der Waals surface area (Å²) >= 11 is 0. The Hall–Kier alpha value is -3.02. The van der Waals surface area contributed by atoms with Crippen molar-refractivity contribution in [3.05, 3.63) is 59.8 Å². The number of carbonyl (C=O) groups excluding carboxylic acids is 1. The third kappa shape index (κ3) is 5.32. The fraction of sp³-hybridized carbons (Fsp3) is 0.417. The highest BCUT2D eigenvalue weighted by molar-refractivity contribution is 5.95. The van der Waals surface area contributed by atoms with Crippen molar-refractivity contribution in [1.82, 2.24) is 10.3 Å². The molecule has 1 N–H and O–H groups in total. The lowest BCUT2D eigenvalue weighted by atomic mass is 10.0. The molecule has 0 spiro atoms. The predicted octanol–water partition coefficient (Wildman–Crippen LogP) is 4.14. The van der Waals surface area contributed by atoms with Gasteiger partial charge in [-0.25, -0.2) is 4.98 Å².